The van der Waals surface area contributed by atoms with E-state index in [1.807, 2.05) is 13.8 Å². The quantitative estimate of drug-likeness (QED) is 0.747. The molecule has 7 heteroatoms. The summed E-state index contributed by atoms with van der Waals surface area (Å²) in [5.41, 5.74) is 0.791. The zero-order valence-corrected chi connectivity index (χ0v) is 13.4. The number of esters is 1. The molecule has 0 unspecified atom stereocenters. The Balaban J connectivity index is 2.85. The largest absolute Gasteiger partial charge is 0.465 e. The predicted octanol–water partition coefficient (Wildman–Crippen LogP) is 2.25. The van der Waals surface area contributed by atoms with Crippen LogP contribution in [0.1, 0.15) is 37.0 Å². The Morgan fingerprint density at radius 2 is 1.67 bits per heavy atom. The number of anilines is 1. The zero-order valence-electron chi connectivity index (χ0n) is 12.6. The van der Waals surface area contributed by atoms with Crippen LogP contribution in [0.4, 0.5) is 5.69 Å². The molecule has 0 atom stereocenters. The average molecular weight is 314 g/mol. The number of hydrogen-bond donors (Lipinski definition) is 1. The van der Waals surface area contributed by atoms with Crippen molar-refractivity contribution < 1.29 is 17.9 Å². The van der Waals surface area contributed by atoms with Gasteiger partial charge in [-0.2, -0.15) is 12.7 Å². The molecule has 0 aliphatic rings. The number of nitrogens with one attached hydrogen (secondary N) is 1. The molecule has 0 aliphatic carbocycles. The lowest BCUT2D eigenvalue weighted by Crippen LogP contribution is -2.37. The van der Waals surface area contributed by atoms with Crippen LogP contribution in [0, 0.1) is 0 Å². The maximum atomic E-state index is 12.3. The topological polar surface area (TPSA) is 75.7 Å². The lowest BCUT2D eigenvalue weighted by molar-refractivity contribution is 0.0601. The van der Waals surface area contributed by atoms with Crippen LogP contribution in [0.25, 0.3) is 0 Å². The van der Waals surface area contributed by atoms with Gasteiger partial charge in [0.25, 0.3) is 0 Å². The second-order valence-corrected chi connectivity index (χ2v) is 6.25. The molecule has 0 aliphatic heterocycles. The lowest BCUT2D eigenvalue weighted by atomic mass is 10.2. The third-order valence-electron chi connectivity index (χ3n) is 2.84. The number of rotatable bonds is 8. The first-order valence-electron chi connectivity index (χ1n) is 6.90. The number of carbonyl (C=O) groups is 1. The van der Waals surface area contributed by atoms with Crippen LogP contribution in [-0.2, 0) is 14.9 Å². The van der Waals surface area contributed by atoms with Crippen molar-refractivity contribution in [2.45, 2.75) is 26.7 Å². The third-order valence-corrected chi connectivity index (χ3v) is 4.38. The summed E-state index contributed by atoms with van der Waals surface area (Å²) in [5, 5.41) is 0. The number of carbonyl (C=O) groups excluding carboxylic acids is 1. The molecule has 0 saturated carbocycles. The minimum absolute atomic E-state index is 0.374. The molecule has 21 heavy (non-hydrogen) atoms. The number of methoxy groups -OCH3 is 1. The summed E-state index contributed by atoms with van der Waals surface area (Å²) in [5.74, 6) is -0.456. The smallest absolute Gasteiger partial charge is 0.337 e. The maximum absolute atomic E-state index is 12.3. The number of hydrogen-bond acceptors (Lipinski definition) is 4. The van der Waals surface area contributed by atoms with Gasteiger partial charge < -0.3 is 4.74 Å². The summed E-state index contributed by atoms with van der Waals surface area (Å²) in [6, 6.07) is 6.13. The molecule has 0 fully saturated rings. The SMILES string of the molecule is CCCN(CCC)S(=O)(=O)Nc1ccc(C(=O)OC)cc1. The first-order chi connectivity index (χ1) is 9.94. The van der Waals surface area contributed by atoms with Crippen molar-refractivity contribution in [2.24, 2.45) is 0 Å². The van der Waals surface area contributed by atoms with E-state index >= 15 is 0 Å². The fourth-order valence-electron chi connectivity index (χ4n) is 1.86. The molecule has 6 nitrogen and oxygen atoms in total. The molecule has 0 amide bonds. The fraction of sp³-hybridized carbons (Fsp3) is 0.500. The van der Waals surface area contributed by atoms with Crippen LogP contribution in [0.5, 0.6) is 0 Å². The van der Waals surface area contributed by atoms with Crippen molar-refractivity contribution in [1.82, 2.24) is 4.31 Å². The van der Waals surface area contributed by atoms with E-state index in [0.717, 1.165) is 12.8 Å². The zero-order chi connectivity index (χ0) is 15.9. The van der Waals surface area contributed by atoms with Gasteiger partial charge in [0.1, 0.15) is 0 Å². The van der Waals surface area contributed by atoms with Gasteiger partial charge in [-0.3, -0.25) is 4.72 Å². The molecule has 0 radical (unpaired) electrons. The molecule has 118 valence electrons. The molecule has 1 N–H and O–H groups in total. The summed E-state index contributed by atoms with van der Waals surface area (Å²) in [6.45, 7) is 4.82. The van der Waals surface area contributed by atoms with E-state index in [1.54, 1.807) is 12.1 Å². The standard InChI is InChI=1S/C14H22N2O4S/c1-4-10-16(11-5-2)21(18,19)15-13-8-6-12(7-9-13)14(17)20-3/h6-9,15H,4-5,10-11H2,1-3H3. The van der Waals surface area contributed by atoms with Crippen molar-refractivity contribution in [2.75, 3.05) is 24.9 Å². The van der Waals surface area contributed by atoms with Gasteiger partial charge in [0.15, 0.2) is 0 Å². The number of benzene rings is 1. The summed E-state index contributed by atoms with van der Waals surface area (Å²) in [6.07, 6.45) is 1.50. The van der Waals surface area contributed by atoms with Gasteiger partial charge in [-0.05, 0) is 37.1 Å². The van der Waals surface area contributed by atoms with Crippen molar-refractivity contribution >= 4 is 21.9 Å². The first-order valence-corrected chi connectivity index (χ1v) is 8.34. The van der Waals surface area contributed by atoms with E-state index in [0.29, 0.717) is 24.3 Å². The molecule has 1 aromatic rings. The molecule has 0 spiro atoms. The molecular weight excluding hydrogens is 292 g/mol. The Kier molecular flexibility index (Phi) is 6.64. The summed E-state index contributed by atoms with van der Waals surface area (Å²) >= 11 is 0. The highest BCUT2D eigenvalue weighted by atomic mass is 32.2. The summed E-state index contributed by atoms with van der Waals surface area (Å²) in [4.78, 5) is 11.3. The van der Waals surface area contributed by atoms with Gasteiger partial charge in [-0.25, -0.2) is 4.79 Å². The van der Waals surface area contributed by atoms with Gasteiger partial charge in [-0.1, -0.05) is 13.8 Å². The number of nitrogens with zero attached hydrogens (tertiary/aromatic N) is 1. The summed E-state index contributed by atoms with van der Waals surface area (Å²) < 4.78 is 33.1. The van der Waals surface area contributed by atoms with Crippen molar-refractivity contribution in [3.05, 3.63) is 29.8 Å². The van der Waals surface area contributed by atoms with Gasteiger partial charge in [0, 0.05) is 18.8 Å². The fourth-order valence-corrected chi connectivity index (χ4v) is 3.27. The van der Waals surface area contributed by atoms with Gasteiger partial charge in [0.2, 0.25) is 0 Å². The van der Waals surface area contributed by atoms with E-state index in [9.17, 15) is 13.2 Å². The normalized spacial score (nSPS) is 11.4. The van der Waals surface area contributed by atoms with Crippen molar-refractivity contribution in [3.8, 4) is 0 Å². The summed E-state index contributed by atoms with van der Waals surface area (Å²) in [7, 11) is -2.27. The Hall–Kier alpha value is -1.60. The van der Waals surface area contributed by atoms with E-state index in [1.165, 1.54) is 23.5 Å². The van der Waals surface area contributed by atoms with Gasteiger partial charge in [0.05, 0.1) is 12.7 Å². The van der Waals surface area contributed by atoms with E-state index in [4.69, 9.17) is 0 Å². The van der Waals surface area contributed by atoms with Crippen molar-refractivity contribution in [1.29, 1.82) is 0 Å². The van der Waals surface area contributed by atoms with Gasteiger partial charge >= 0.3 is 16.2 Å². The Labute approximate surface area is 126 Å². The molecule has 1 rings (SSSR count). The van der Waals surface area contributed by atoms with E-state index in [-0.39, 0.29) is 0 Å². The monoisotopic (exact) mass is 314 g/mol. The molecular formula is C14H22N2O4S. The van der Waals surface area contributed by atoms with Crippen molar-refractivity contribution in [3.63, 3.8) is 0 Å². The van der Waals surface area contributed by atoms with Gasteiger partial charge in [-0.15, -0.1) is 0 Å². The average Bonchev–Trinajstić information content (AvgIpc) is 2.46. The third kappa shape index (κ3) is 5.02. The Bertz CT molecular complexity index is 549. The van der Waals surface area contributed by atoms with Crippen LogP contribution in [0.15, 0.2) is 24.3 Å². The van der Waals surface area contributed by atoms with Crippen LogP contribution in [0.3, 0.4) is 0 Å². The molecule has 0 bridgehead atoms. The van der Waals surface area contributed by atoms with E-state index < -0.39 is 16.2 Å². The maximum Gasteiger partial charge on any atom is 0.337 e. The highest BCUT2D eigenvalue weighted by molar-refractivity contribution is 7.90. The second-order valence-electron chi connectivity index (χ2n) is 4.58. The highest BCUT2D eigenvalue weighted by Crippen LogP contribution is 2.14. The molecule has 0 heterocycles. The first kappa shape index (κ1) is 17.5. The minimum atomic E-state index is -3.57. The van der Waals surface area contributed by atoms with Crippen LogP contribution in [0.2, 0.25) is 0 Å². The second kappa shape index (κ2) is 7.99. The van der Waals surface area contributed by atoms with Crippen LogP contribution < -0.4 is 4.72 Å². The Morgan fingerprint density at radius 3 is 2.10 bits per heavy atom. The predicted molar refractivity (Wildman–Crippen MR) is 82.5 cm³/mol. The van der Waals surface area contributed by atoms with Crippen LogP contribution >= 0.6 is 0 Å². The minimum Gasteiger partial charge on any atom is -0.465 e. The van der Waals surface area contributed by atoms with Crippen LogP contribution in [-0.4, -0.2) is 38.9 Å². The number of ether oxygens (including phenoxy) is 1. The molecule has 0 aromatic heterocycles. The molecule has 0 saturated heterocycles. The highest BCUT2D eigenvalue weighted by Gasteiger charge is 2.20. The lowest BCUT2D eigenvalue weighted by Gasteiger charge is -2.21. The van der Waals surface area contributed by atoms with E-state index in [2.05, 4.69) is 9.46 Å². The molecule has 1 aromatic carbocycles. The Morgan fingerprint density at radius 1 is 1.14 bits per heavy atom.